The fraction of sp³-hybridized carbons (Fsp3) is 0.385. The van der Waals surface area contributed by atoms with Gasteiger partial charge in [-0.05, 0) is 55.8 Å². The Hall–Kier alpha value is -3.32. The molecule has 1 aromatic heterocycles. The Morgan fingerprint density at radius 2 is 1.91 bits per heavy atom. The van der Waals surface area contributed by atoms with Crippen LogP contribution in [0.25, 0.3) is 16.9 Å². The first-order valence-electron chi connectivity index (χ1n) is 11.6. The van der Waals surface area contributed by atoms with Crippen molar-refractivity contribution in [3.8, 4) is 28.4 Å². The Morgan fingerprint density at radius 1 is 1.15 bits per heavy atom. The topological polar surface area (TPSA) is 68.6 Å². The average molecular weight is 447 g/mol. The van der Waals surface area contributed by atoms with E-state index in [4.69, 9.17) is 14.6 Å². The van der Waals surface area contributed by atoms with E-state index in [-0.39, 0.29) is 5.91 Å². The summed E-state index contributed by atoms with van der Waals surface area (Å²) < 4.78 is 13.0. The van der Waals surface area contributed by atoms with E-state index in [0.29, 0.717) is 36.2 Å². The minimum atomic E-state index is -0.115. The Labute approximate surface area is 194 Å². The maximum absolute atomic E-state index is 13.3. The summed E-state index contributed by atoms with van der Waals surface area (Å²) in [6.07, 6.45) is 2.94. The van der Waals surface area contributed by atoms with E-state index in [2.05, 4.69) is 17.1 Å². The first-order chi connectivity index (χ1) is 16.1. The molecule has 172 valence electrons. The third-order valence-electron chi connectivity index (χ3n) is 6.83. The Bertz CT molecular complexity index is 1170. The molecule has 7 heteroatoms. The molecule has 0 bridgehead atoms. The van der Waals surface area contributed by atoms with E-state index in [1.54, 1.807) is 14.2 Å². The minimum Gasteiger partial charge on any atom is -0.493 e. The van der Waals surface area contributed by atoms with E-state index < -0.39 is 0 Å². The molecule has 1 saturated heterocycles. The number of hydrogen-bond acceptors (Lipinski definition) is 5. The molecule has 0 spiro atoms. The highest BCUT2D eigenvalue weighted by Crippen LogP contribution is 2.44. The van der Waals surface area contributed by atoms with Crippen LogP contribution in [0.5, 0.6) is 11.5 Å². The summed E-state index contributed by atoms with van der Waals surface area (Å²) >= 11 is 0. The smallest absolute Gasteiger partial charge is 0.272 e. The lowest BCUT2D eigenvalue weighted by Crippen LogP contribution is -2.40. The molecule has 0 unspecified atom stereocenters. The third kappa shape index (κ3) is 3.76. The molecule has 3 aromatic rings. The summed E-state index contributed by atoms with van der Waals surface area (Å²) in [7, 11) is 3.27. The zero-order chi connectivity index (χ0) is 22.9. The van der Waals surface area contributed by atoms with Crippen molar-refractivity contribution >= 4 is 5.91 Å². The van der Waals surface area contributed by atoms with Crippen LogP contribution >= 0.6 is 0 Å². The van der Waals surface area contributed by atoms with Crippen LogP contribution in [0.15, 0.2) is 42.5 Å². The van der Waals surface area contributed by atoms with Gasteiger partial charge in [-0.25, -0.2) is 4.68 Å². The van der Waals surface area contributed by atoms with Crippen molar-refractivity contribution < 1.29 is 14.3 Å². The molecule has 1 aliphatic carbocycles. The van der Waals surface area contributed by atoms with Gasteiger partial charge in [0.05, 0.1) is 25.6 Å². The van der Waals surface area contributed by atoms with Crippen LogP contribution in [-0.2, 0) is 6.42 Å². The number of para-hydroxylation sites is 1. The second kappa shape index (κ2) is 8.90. The van der Waals surface area contributed by atoms with Crippen molar-refractivity contribution in [2.45, 2.75) is 32.2 Å². The average Bonchev–Trinajstić information content (AvgIpc) is 3.55. The van der Waals surface area contributed by atoms with E-state index in [9.17, 15) is 4.79 Å². The monoisotopic (exact) mass is 446 g/mol. The number of carbonyl (C=O) groups excluding carboxylic acids is 1. The predicted molar refractivity (Wildman–Crippen MR) is 128 cm³/mol. The Balaban J connectivity index is 1.53. The fourth-order valence-electron chi connectivity index (χ4n) is 5.15. The number of amides is 1. The second-order valence-corrected chi connectivity index (χ2v) is 8.60. The van der Waals surface area contributed by atoms with Crippen molar-refractivity contribution in [3.63, 3.8) is 0 Å². The first-order valence-corrected chi connectivity index (χ1v) is 11.6. The number of carbonyl (C=O) groups is 1. The van der Waals surface area contributed by atoms with Gasteiger partial charge in [0.25, 0.3) is 5.91 Å². The highest BCUT2D eigenvalue weighted by Gasteiger charge is 2.33. The molecule has 2 heterocycles. The first kappa shape index (κ1) is 21.5. The van der Waals surface area contributed by atoms with Crippen LogP contribution in [0.2, 0.25) is 0 Å². The summed E-state index contributed by atoms with van der Waals surface area (Å²) in [6.45, 7) is 4.94. The highest BCUT2D eigenvalue weighted by atomic mass is 16.5. The summed E-state index contributed by atoms with van der Waals surface area (Å²) in [5, 5.41) is 7.97. The SMILES string of the molecule is CCN1CCC[C@@H]1CNC(=O)c1nn(-c2ccccc2)c2c1Cc1cc(OC)c(OC)cc1-2. The van der Waals surface area contributed by atoms with Gasteiger partial charge in [-0.2, -0.15) is 5.10 Å². The fourth-order valence-corrected chi connectivity index (χ4v) is 5.15. The summed E-state index contributed by atoms with van der Waals surface area (Å²) in [6, 6.07) is 14.3. The molecule has 1 fully saturated rings. The number of likely N-dealkylation sites (N-methyl/N-ethyl adjacent to an activating group) is 1. The van der Waals surface area contributed by atoms with Crippen LogP contribution < -0.4 is 14.8 Å². The van der Waals surface area contributed by atoms with Crippen LogP contribution in [0.3, 0.4) is 0 Å². The van der Waals surface area contributed by atoms with Gasteiger partial charge >= 0.3 is 0 Å². The molecule has 7 nitrogen and oxygen atoms in total. The van der Waals surface area contributed by atoms with E-state index >= 15 is 0 Å². The molecule has 33 heavy (non-hydrogen) atoms. The number of nitrogens with one attached hydrogen (secondary N) is 1. The minimum absolute atomic E-state index is 0.115. The maximum Gasteiger partial charge on any atom is 0.272 e. The molecule has 0 saturated carbocycles. The molecule has 0 radical (unpaired) electrons. The van der Waals surface area contributed by atoms with Gasteiger partial charge in [0.2, 0.25) is 0 Å². The molecular weight excluding hydrogens is 416 g/mol. The van der Waals surface area contributed by atoms with Crippen molar-refractivity contribution in [2.24, 2.45) is 0 Å². The van der Waals surface area contributed by atoms with Gasteiger partial charge < -0.3 is 14.8 Å². The second-order valence-electron chi connectivity index (χ2n) is 8.60. The van der Waals surface area contributed by atoms with Gasteiger partial charge in [0.1, 0.15) is 0 Å². The number of rotatable bonds is 7. The van der Waals surface area contributed by atoms with Gasteiger partial charge in [-0.3, -0.25) is 9.69 Å². The lowest BCUT2D eigenvalue weighted by atomic mass is 10.1. The van der Waals surface area contributed by atoms with Crippen LogP contribution in [-0.4, -0.2) is 60.5 Å². The lowest BCUT2D eigenvalue weighted by molar-refractivity contribution is 0.0935. The van der Waals surface area contributed by atoms with Crippen molar-refractivity contribution in [2.75, 3.05) is 33.9 Å². The summed E-state index contributed by atoms with van der Waals surface area (Å²) in [5.74, 6) is 1.24. The van der Waals surface area contributed by atoms with Gasteiger partial charge in [-0.15, -0.1) is 0 Å². The lowest BCUT2D eigenvalue weighted by Gasteiger charge is -2.22. The zero-order valence-corrected chi connectivity index (χ0v) is 19.4. The number of nitrogens with zero attached hydrogens (tertiary/aromatic N) is 3. The molecule has 2 aromatic carbocycles. The molecule has 5 rings (SSSR count). The van der Waals surface area contributed by atoms with Crippen LogP contribution in [0, 0.1) is 0 Å². The molecule has 1 amide bonds. The van der Waals surface area contributed by atoms with Crippen LogP contribution in [0.1, 0.15) is 41.4 Å². The number of ether oxygens (including phenoxy) is 2. The van der Waals surface area contributed by atoms with E-state index in [0.717, 1.165) is 47.6 Å². The number of fused-ring (bicyclic) bond motifs is 3. The quantitative estimate of drug-likeness (QED) is 0.469. The molecule has 1 N–H and O–H groups in total. The predicted octanol–water partition coefficient (Wildman–Crippen LogP) is 3.67. The van der Waals surface area contributed by atoms with E-state index in [1.165, 1.54) is 6.42 Å². The third-order valence-corrected chi connectivity index (χ3v) is 6.83. The number of methoxy groups -OCH3 is 2. The maximum atomic E-state index is 13.3. The van der Waals surface area contributed by atoms with Gasteiger partial charge in [0.15, 0.2) is 17.2 Å². The van der Waals surface area contributed by atoms with E-state index in [1.807, 2.05) is 47.1 Å². The largest absolute Gasteiger partial charge is 0.493 e. The van der Waals surface area contributed by atoms with Crippen molar-refractivity contribution in [1.29, 1.82) is 0 Å². The Morgan fingerprint density at radius 3 is 2.64 bits per heavy atom. The number of aromatic nitrogens is 2. The molecule has 1 aliphatic heterocycles. The van der Waals surface area contributed by atoms with Crippen molar-refractivity contribution in [1.82, 2.24) is 20.0 Å². The van der Waals surface area contributed by atoms with Gasteiger partial charge in [-0.1, -0.05) is 25.1 Å². The normalized spacial score (nSPS) is 17.0. The number of benzene rings is 2. The molecule has 1 atom stereocenters. The Kier molecular flexibility index (Phi) is 5.81. The number of hydrogen-bond donors (Lipinski definition) is 1. The van der Waals surface area contributed by atoms with Crippen molar-refractivity contribution in [3.05, 3.63) is 59.3 Å². The highest BCUT2D eigenvalue weighted by molar-refractivity contribution is 5.97. The molecular formula is C26H30N4O3. The summed E-state index contributed by atoms with van der Waals surface area (Å²) in [5.41, 5.74) is 5.42. The summed E-state index contributed by atoms with van der Waals surface area (Å²) in [4.78, 5) is 15.8. The van der Waals surface area contributed by atoms with Gasteiger partial charge in [0, 0.05) is 30.1 Å². The van der Waals surface area contributed by atoms with Crippen LogP contribution in [0.4, 0.5) is 0 Å². The standard InChI is InChI=1S/C26H30N4O3/c1-4-29-12-8-11-19(29)16-27-26(31)24-21-13-17-14-22(32-2)23(33-3)15-20(17)25(21)30(28-24)18-9-6-5-7-10-18/h5-7,9-10,14-15,19H,4,8,11-13,16H2,1-3H3,(H,27,31)/t19-/m1/s1. The zero-order valence-electron chi connectivity index (χ0n) is 19.4. The molecule has 2 aliphatic rings. The number of likely N-dealkylation sites (tertiary alicyclic amines) is 1.